The van der Waals surface area contributed by atoms with Crippen LogP contribution in [0.3, 0.4) is 0 Å². The van der Waals surface area contributed by atoms with Crippen molar-refractivity contribution >= 4 is 24.0 Å². The molecule has 1 heterocycles. The van der Waals surface area contributed by atoms with Crippen molar-refractivity contribution in [2.45, 2.75) is 12.6 Å². The number of benzene rings is 3. The monoisotopic (exact) mass is 486 g/mol. The third kappa shape index (κ3) is 5.45. The van der Waals surface area contributed by atoms with Gasteiger partial charge in [0.15, 0.2) is 0 Å². The van der Waals surface area contributed by atoms with Crippen molar-refractivity contribution < 1.29 is 19.5 Å². The van der Waals surface area contributed by atoms with Crippen molar-refractivity contribution in [2.75, 3.05) is 38.6 Å². The Morgan fingerprint density at radius 2 is 1.72 bits per heavy atom. The number of carbonyl (C=O) groups is 3. The Balaban J connectivity index is 1.59. The summed E-state index contributed by atoms with van der Waals surface area (Å²) in [7, 11) is 3.93. The summed E-state index contributed by atoms with van der Waals surface area (Å²) in [5, 5.41) is 15.5. The normalized spacial score (nSPS) is 14.7. The highest BCUT2D eigenvalue weighted by Crippen LogP contribution is 2.35. The number of hydrogen-bond acceptors (Lipinski definition) is 5. The van der Waals surface area contributed by atoms with Crippen LogP contribution in [-0.4, -0.2) is 62.0 Å². The molecule has 36 heavy (non-hydrogen) atoms. The van der Waals surface area contributed by atoms with Gasteiger partial charge in [-0.25, -0.2) is 4.79 Å². The molecule has 8 heteroatoms. The summed E-state index contributed by atoms with van der Waals surface area (Å²) in [5.41, 5.74) is 5.57. The van der Waals surface area contributed by atoms with E-state index in [2.05, 4.69) is 16.7 Å². The van der Waals surface area contributed by atoms with Crippen molar-refractivity contribution in [3.8, 4) is 11.1 Å². The van der Waals surface area contributed by atoms with Crippen molar-refractivity contribution in [1.82, 2.24) is 15.5 Å². The molecule has 2 amide bonds. The van der Waals surface area contributed by atoms with E-state index in [1.54, 1.807) is 17.0 Å². The Bertz CT molecular complexity index is 1240. The fraction of sp³-hybridized carbons (Fsp3) is 0.250. The quantitative estimate of drug-likeness (QED) is 0.402. The molecular formula is C28H30N4O4. The number of likely N-dealkylation sites (N-methyl/N-ethyl adjacent to an activating group) is 1. The molecule has 0 aromatic heterocycles. The second-order valence-electron chi connectivity index (χ2n) is 8.98. The van der Waals surface area contributed by atoms with Gasteiger partial charge in [-0.1, -0.05) is 30.3 Å². The van der Waals surface area contributed by atoms with E-state index in [1.165, 1.54) is 12.1 Å². The number of amides is 2. The summed E-state index contributed by atoms with van der Waals surface area (Å²) in [4.78, 5) is 39.4. The largest absolute Gasteiger partial charge is 0.478 e. The van der Waals surface area contributed by atoms with Gasteiger partial charge in [-0.3, -0.25) is 19.8 Å². The smallest absolute Gasteiger partial charge is 0.335 e. The summed E-state index contributed by atoms with van der Waals surface area (Å²) < 4.78 is 0. The highest BCUT2D eigenvalue weighted by Gasteiger charge is 2.27. The molecule has 1 unspecified atom stereocenters. The Morgan fingerprint density at radius 1 is 1.03 bits per heavy atom. The Hall–Kier alpha value is -4.01. The lowest BCUT2D eigenvalue weighted by atomic mass is 9.89. The molecule has 3 aromatic carbocycles. The third-order valence-electron chi connectivity index (χ3n) is 6.33. The van der Waals surface area contributed by atoms with Gasteiger partial charge in [0.25, 0.3) is 5.91 Å². The molecule has 0 bridgehead atoms. The average molecular weight is 487 g/mol. The van der Waals surface area contributed by atoms with Gasteiger partial charge in [0.1, 0.15) is 6.17 Å². The number of carboxylic acid groups (broad SMARTS) is 1. The molecule has 1 aliphatic rings. The molecule has 4 rings (SSSR count). The second-order valence-corrected chi connectivity index (χ2v) is 8.98. The van der Waals surface area contributed by atoms with Crippen molar-refractivity contribution in [3.63, 3.8) is 0 Å². The number of anilines is 1. The van der Waals surface area contributed by atoms with Gasteiger partial charge < -0.3 is 15.3 Å². The number of aromatic carboxylic acids is 1. The van der Waals surface area contributed by atoms with Crippen LogP contribution in [0.4, 0.5) is 5.69 Å². The Kier molecular flexibility index (Phi) is 7.77. The van der Waals surface area contributed by atoms with Gasteiger partial charge in [-0.05, 0) is 79.2 Å². The fourth-order valence-corrected chi connectivity index (χ4v) is 4.45. The van der Waals surface area contributed by atoms with E-state index in [0.29, 0.717) is 24.3 Å². The maximum Gasteiger partial charge on any atom is 0.335 e. The maximum absolute atomic E-state index is 12.4. The van der Waals surface area contributed by atoms with Gasteiger partial charge in [0.05, 0.1) is 5.56 Å². The molecule has 3 N–H and O–H groups in total. The van der Waals surface area contributed by atoms with Gasteiger partial charge in [0, 0.05) is 30.9 Å². The lowest BCUT2D eigenvalue weighted by molar-refractivity contribution is -0.108. The molecular weight excluding hydrogens is 456 g/mol. The molecule has 186 valence electrons. The molecule has 0 fully saturated rings. The number of hydrogen-bond donors (Lipinski definition) is 3. The van der Waals surface area contributed by atoms with Crippen molar-refractivity contribution in [3.05, 3.63) is 89.0 Å². The SMILES string of the molecule is CN(C)CCNC(=O)c1ccc(-c2cccc3c2CCNC3N(C=O)c2ccc(C(=O)O)cc2)cc1. The van der Waals surface area contributed by atoms with Crippen LogP contribution >= 0.6 is 0 Å². The number of carbonyl (C=O) groups excluding carboxylic acids is 2. The van der Waals surface area contributed by atoms with Gasteiger partial charge in [-0.15, -0.1) is 0 Å². The second kappa shape index (κ2) is 11.2. The zero-order valence-electron chi connectivity index (χ0n) is 20.4. The van der Waals surface area contributed by atoms with E-state index in [0.717, 1.165) is 41.6 Å². The lowest BCUT2D eigenvalue weighted by Gasteiger charge is -2.35. The first-order valence-corrected chi connectivity index (χ1v) is 11.8. The topological polar surface area (TPSA) is 102 Å². The highest BCUT2D eigenvalue weighted by atomic mass is 16.4. The van der Waals surface area contributed by atoms with E-state index in [-0.39, 0.29) is 17.6 Å². The first-order valence-electron chi connectivity index (χ1n) is 11.8. The van der Waals surface area contributed by atoms with Gasteiger partial charge >= 0.3 is 5.97 Å². The van der Waals surface area contributed by atoms with Crippen LogP contribution in [0, 0.1) is 0 Å². The first-order chi connectivity index (χ1) is 17.4. The van der Waals surface area contributed by atoms with E-state index in [1.807, 2.05) is 55.4 Å². The van der Waals surface area contributed by atoms with Crippen molar-refractivity contribution in [1.29, 1.82) is 0 Å². The predicted molar refractivity (Wildman–Crippen MR) is 139 cm³/mol. The standard InChI is InChI=1S/C28H30N4O4/c1-31(2)17-16-30-27(34)20-8-6-19(7-9-20)23-4-3-5-25-24(23)14-15-29-26(25)32(18-33)22-12-10-21(11-13-22)28(35)36/h3-13,18,26,29H,14-17H2,1-2H3,(H,30,34)(H,35,36). The summed E-state index contributed by atoms with van der Waals surface area (Å²) in [6.45, 7) is 2.04. The fourth-order valence-electron chi connectivity index (χ4n) is 4.45. The summed E-state index contributed by atoms with van der Waals surface area (Å²) in [6.07, 6.45) is 1.17. The molecule has 8 nitrogen and oxygen atoms in total. The van der Waals surface area contributed by atoms with E-state index < -0.39 is 5.97 Å². The minimum absolute atomic E-state index is 0.0988. The number of carboxylic acids is 1. The zero-order valence-corrected chi connectivity index (χ0v) is 20.4. The van der Waals surface area contributed by atoms with Crippen LogP contribution in [0.5, 0.6) is 0 Å². The molecule has 0 radical (unpaired) electrons. The highest BCUT2D eigenvalue weighted by molar-refractivity contribution is 5.94. The van der Waals surface area contributed by atoms with Gasteiger partial charge in [0.2, 0.25) is 6.41 Å². The third-order valence-corrected chi connectivity index (χ3v) is 6.33. The molecule has 1 atom stereocenters. The molecule has 0 saturated carbocycles. The molecule has 3 aromatic rings. The summed E-state index contributed by atoms with van der Waals surface area (Å²) >= 11 is 0. The number of fused-ring (bicyclic) bond motifs is 1. The number of nitrogens with one attached hydrogen (secondary N) is 2. The Morgan fingerprint density at radius 3 is 2.36 bits per heavy atom. The van der Waals surface area contributed by atoms with Crippen molar-refractivity contribution in [2.24, 2.45) is 0 Å². The van der Waals surface area contributed by atoms with Gasteiger partial charge in [-0.2, -0.15) is 0 Å². The van der Waals surface area contributed by atoms with Crippen LogP contribution < -0.4 is 15.5 Å². The molecule has 0 saturated heterocycles. The van der Waals surface area contributed by atoms with Crippen LogP contribution in [-0.2, 0) is 11.2 Å². The van der Waals surface area contributed by atoms with Crippen LogP contribution in [0.2, 0.25) is 0 Å². The Labute approximate surface area is 210 Å². The number of nitrogens with zero attached hydrogens (tertiary/aromatic N) is 2. The molecule has 1 aliphatic heterocycles. The minimum atomic E-state index is -1.01. The van der Waals surface area contributed by atoms with Crippen LogP contribution in [0.15, 0.2) is 66.7 Å². The molecule has 0 aliphatic carbocycles. The maximum atomic E-state index is 12.4. The summed E-state index contributed by atoms with van der Waals surface area (Å²) in [6, 6.07) is 19.9. The van der Waals surface area contributed by atoms with Crippen LogP contribution in [0.1, 0.15) is 38.0 Å². The number of rotatable bonds is 9. The zero-order chi connectivity index (χ0) is 25.7. The van der Waals surface area contributed by atoms with E-state index in [9.17, 15) is 19.5 Å². The molecule has 0 spiro atoms. The predicted octanol–water partition coefficient (Wildman–Crippen LogP) is 3.15. The minimum Gasteiger partial charge on any atom is -0.478 e. The van der Waals surface area contributed by atoms with Crippen LogP contribution in [0.25, 0.3) is 11.1 Å². The van der Waals surface area contributed by atoms with E-state index >= 15 is 0 Å². The average Bonchev–Trinajstić information content (AvgIpc) is 2.89. The lowest BCUT2D eigenvalue weighted by Crippen LogP contribution is -2.42. The first kappa shape index (κ1) is 25.1. The van der Waals surface area contributed by atoms with E-state index in [4.69, 9.17) is 0 Å². The summed E-state index contributed by atoms with van der Waals surface area (Å²) in [5.74, 6) is -1.11.